The van der Waals surface area contributed by atoms with Crippen molar-refractivity contribution < 1.29 is 0 Å². The molecule has 0 aliphatic rings. The Hall–Kier alpha value is -1.56. The second-order valence-corrected chi connectivity index (χ2v) is 5.16. The molecular weight excluding hydrogens is 228 g/mol. The Morgan fingerprint density at radius 3 is 2.00 bits per heavy atom. The highest BCUT2D eigenvalue weighted by Gasteiger charge is 2.20. The Labute approximate surface area is 117 Å². The third-order valence-electron chi connectivity index (χ3n) is 3.95. The van der Waals surface area contributed by atoms with E-state index < -0.39 is 0 Å². The topological polar surface area (TPSA) is 0 Å². The zero-order valence-corrected chi connectivity index (χ0v) is 11.8. The second-order valence-electron chi connectivity index (χ2n) is 5.16. The molecule has 2 atom stereocenters. The molecule has 2 rings (SSSR count). The number of rotatable bonds is 6. The van der Waals surface area contributed by atoms with Crippen LogP contribution >= 0.6 is 0 Å². The van der Waals surface area contributed by atoms with Crippen molar-refractivity contribution in [2.75, 3.05) is 0 Å². The fourth-order valence-corrected chi connectivity index (χ4v) is 2.90. The van der Waals surface area contributed by atoms with E-state index >= 15 is 0 Å². The molecule has 2 aromatic rings. The standard InChI is InChI=1S/C19H23/c1-3-17(15-16-11-7-5-8-12-16)19(4-2)18-13-9-6-10-14-18/h5-14,17,19H,1,3-4,15H2,2H3. The van der Waals surface area contributed by atoms with Crippen molar-refractivity contribution in [1.29, 1.82) is 0 Å². The maximum atomic E-state index is 4.18. The van der Waals surface area contributed by atoms with Gasteiger partial charge in [-0.3, -0.25) is 0 Å². The molecule has 2 aromatic carbocycles. The van der Waals surface area contributed by atoms with Crippen molar-refractivity contribution in [3.63, 3.8) is 0 Å². The predicted octanol–water partition coefficient (Wildman–Crippen LogP) is 5.26. The average molecular weight is 251 g/mol. The minimum Gasteiger partial charge on any atom is -0.0648 e. The zero-order chi connectivity index (χ0) is 13.5. The normalized spacial score (nSPS) is 14.0. The lowest BCUT2D eigenvalue weighted by Crippen LogP contribution is -2.14. The van der Waals surface area contributed by atoms with Crippen LogP contribution in [-0.2, 0) is 6.42 Å². The first-order valence-corrected chi connectivity index (χ1v) is 7.23. The Bertz CT molecular complexity index is 458. The fraction of sp³-hybridized carbons (Fsp3) is 0.316. The van der Waals surface area contributed by atoms with Crippen molar-refractivity contribution in [1.82, 2.24) is 0 Å². The highest BCUT2D eigenvalue weighted by molar-refractivity contribution is 5.22. The van der Waals surface area contributed by atoms with Gasteiger partial charge in [0.05, 0.1) is 0 Å². The molecule has 0 heterocycles. The molecule has 0 aliphatic carbocycles. The molecule has 0 N–H and O–H groups in total. The van der Waals surface area contributed by atoms with Gasteiger partial charge in [-0.05, 0) is 42.2 Å². The van der Waals surface area contributed by atoms with E-state index in [0.29, 0.717) is 11.8 Å². The maximum Gasteiger partial charge on any atom is -0.0133 e. The van der Waals surface area contributed by atoms with Gasteiger partial charge in [0.1, 0.15) is 0 Å². The first-order valence-electron chi connectivity index (χ1n) is 7.23. The van der Waals surface area contributed by atoms with Crippen LogP contribution in [0.5, 0.6) is 0 Å². The molecule has 0 spiro atoms. The Balaban J connectivity index is 2.15. The minimum absolute atomic E-state index is 0.610. The summed E-state index contributed by atoms with van der Waals surface area (Å²) in [4.78, 5) is 0. The summed E-state index contributed by atoms with van der Waals surface area (Å²) in [6, 6.07) is 21.6. The van der Waals surface area contributed by atoms with E-state index in [0.717, 1.165) is 12.8 Å². The quantitative estimate of drug-likeness (QED) is 0.656. The van der Waals surface area contributed by atoms with Crippen LogP contribution < -0.4 is 0 Å². The first-order chi connectivity index (χ1) is 9.35. The van der Waals surface area contributed by atoms with Crippen LogP contribution in [0.15, 0.2) is 60.7 Å². The van der Waals surface area contributed by atoms with E-state index in [1.165, 1.54) is 17.5 Å². The van der Waals surface area contributed by atoms with Gasteiger partial charge in [0, 0.05) is 0 Å². The SMILES string of the molecule is [CH2]CC(Cc1ccccc1)C(CC)c1ccccc1. The number of hydrogen-bond acceptors (Lipinski definition) is 0. The van der Waals surface area contributed by atoms with Crippen molar-refractivity contribution in [3.05, 3.63) is 78.7 Å². The molecule has 19 heavy (non-hydrogen) atoms. The Morgan fingerprint density at radius 1 is 0.895 bits per heavy atom. The van der Waals surface area contributed by atoms with Crippen LogP contribution in [0, 0.1) is 12.8 Å². The van der Waals surface area contributed by atoms with Crippen molar-refractivity contribution in [2.45, 2.75) is 32.1 Å². The van der Waals surface area contributed by atoms with Crippen LogP contribution in [0.2, 0.25) is 0 Å². The predicted molar refractivity (Wildman–Crippen MR) is 83.1 cm³/mol. The Kier molecular flexibility index (Phi) is 5.20. The van der Waals surface area contributed by atoms with E-state index in [1.54, 1.807) is 0 Å². The van der Waals surface area contributed by atoms with Crippen LogP contribution in [-0.4, -0.2) is 0 Å². The highest BCUT2D eigenvalue weighted by Crippen LogP contribution is 2.32. The fourth-order valence-electron chi connectivity index (χ4n) is 2.90. The molecule has 0 saturated carbocycles. The molecule has 1 radical (unpaired) electrons. The monoisotopic (exact) mass is 251 g/mol. The van der Waals surface area contributed by atoms with Crippen LogP contribution in [0.4, 0.5) is 0 Å². The van der Waals surface area contributed by atoms with E-state index in [2.05, 4.69) is 74.5 Å². The largest absolute Gasteiger partial charge is 0.0648 e. The van der Waals surface area contributed by atoms with E-state index in [-0.39, 0.29) is 0 Å². The van der Waals surface area contributed by atoms with Gasteiger partial charge in [0.15, 0.2) is 0 Å². The highest BCUT2D eigenvalue weighted by atomic mass is 14.2. The van der Waals surface area contributed by atoms with E-state index in [1.807, 2.05) is 0 Å². The molecule has 0 heteroatoms. The summed E-state index contributed by atoms with van der Waals surface area (Å²) in [5.74, 6) is 1.23. The van der Waals surface area contributed by atoms with Crippen LogP contribution in [0.1, 0.15) is 36.8 Å². The van der Waals surface area contributed by atoms with Gasteiger partial charge in [0.25, 0.3) is 0 Å². The number of hydrogen-bond donors (Lipinski definition) is 0. The summed E-state index contributed by atoms with van der Waals surface area (Å²) in [5, 5.41) is 0. The van der Waals surface area contributed by atoms with Crippen LogP contribution in [0.25, 0.3) is 0 Å². The second kappa shape index (κ2) is 7.13. The third-order valence-corrected chi connectivity index (χ3v) is 3.95. The van der Waals surface area contributed by atoms with E-state index in [4.69, 9.17) is 0 Å². The van der Waals surface area contributed by atoms with Gasteiger partial charge in [-0.1, -0.05) is 74.5 Å². The minimum atomic E-state index is 0.610. The molecule has 0 aliphatic heterocycles. The lowest BCUT2D eigenvalue weighted by Gasteiger charge is -2.26. The van der Waals surface area contributed by atoms with Gasteiger partial charge in [-0.2, -0.15) is 0 Å². The molecule has 2 unspecified atom stereocenters. The molecule has 0 aromatic heterocycles. The van der Waals surface area contributed by atoms with Crippen molar-refractivity contribution in [3.8, 4) is 0 Å². The smallest absolute Gasteiger partial charge is 0.0133 e. The lowest BCUT2D eigenvalue weighted by atomic mass is 9.79. The van der Waals surface area contributed by atoms with Gasteiger partial charge in [0.2, 0.25) is 0 Å². The van der Waals surface area contributed by atoms with Gasteiger partial charge in [-0.15, -0.1) is 0 Å². The molecule has 0 amide bonds. The lowest BCUT2D eigenvalue weighted by molar-refractivity contribution is 0.412. The first kappa shape index (κ1) is 13.9. The molecular formula is C19H23. The summed E-state index contributed by atoms with van der Waals surface area (Å²) in [6.45, 7) is 6.46. The number of benzene rings is 2. The molecule has 0 saturated heterocycles. The Morgan fingerprint density at radius 2 is 1.47 bits per heavy atom. The van der Waals surface area contributed by atoms with Crippen molar-refractivity contribution in [2.24, 2.45) is 5.92 Å². The molecule has 0 nitrogen and oxygen atoms in total. The van der Waals surface area contributed by atoms with Gasteiger partial charge in [-0.25, -0.2) is 0 Å². The summed E-state index contributed by atoms with van der Waals surface area (Å²) in [7, 11) is 0. The molecule has 99 valence electrons. The molecule has 0 fully saturated rings. The summed E-state index contributed by atoms with van der Waals surface area (Å²) < 4.78 is 0. The zero-order valence-electron chi connectivity index (χ0n) is 11.8. The maximum absolute atomic E-state index is 4.18. The summed E-state index contributed by atoms with van der Waals surface area (Å²) in [5.41, 5.74) is 2.88. The van der Waals surface area contributed by atoms with Crippen LogP contribution in [0.3, 0.4) is 0 Å². The van der Waals surface area contributed by atoms with Gasteiger partial charge >= 0.3 is 0 Å². The summed E-state index contributed by atoms with van der Waals surface area (Å²) >= 11 is 0. The van der Waals surface area contributed by atoms with Gasteiger partial charge < -0.3 is 0 Å². The third kappa shape index (κ3) is 3.70. The summed E-state index contributed by atoms with van der Waals surface area (Å²) in [6.07, 6.45) is 3.29. The van der Waals surface area contributed by atoms with E-state index in [9.17, 15) is 0 Å². The van der Waals surface area contributed by atoms with Crippen molar-refractivity contribution >= 4 is 0 Å². The average Bonchev–Trinajstić information content (AvgIpc) is 2.49. The molecule has 0 bridgehead atoms.